The monoisotopic (exact) mass is 168 g/mol. The summed E-state index contributed by atoms with van der Waals surface area (Å²) in [5, 5.41) is 1.36. The van der Waals surface area contributed by atoms with Gasteiger partial charge in [-0.1, -0.05) is 6.08 Å². The number of hydrogen-bond acceptors (Lipinski definition) is 4. The van der Waals surface area contributed by atoms with Crippen molar-refractivity contribution < 1.29 is 14.3 Å². The maximum Gasteiger partial charge on any atom is 0.343 e. The van der Waals surface area contributed by atoms with Crippen LogP contribution in [0.5, 0.6) is 0 Å². The van der Waals surface area contributed by atoms with E-state index in [0.29, 0.717) is 5.57 Å². The lowest BCUT2D eigenvalue weighted by Crippen LogP contribution is -2.11. The SMILES string of the molecule is O=C1OC(=O)C2SC=CC=C12. The molecule has 0 N–H and O–H groups in total. The molecule has 2 rings (SSSR count). The maximum atomic E-state index is 10.9. The van der Waals surface area contributed by atoms with Gasteiger partial charge in [0.1, 0.15) is 5.25 Å². The van der Waals surface area contributed by atoms with Crippen molar-refractivity contribution in [2.24, 2.45) is 0 Å². The summed E-state index contributed by atoms with van der Waals surface area (Å²) in [5.41, 5.74) is 0.461. The molecule has 0 aromatic rings. The van der Waals surface area contributed by atoms with Crippen LogP contribution in [0.2, 0.25) is 0 Å². The number of carbonyl (C=O) groups excluding carboxylic acids is 2. The molecule has 56 valence electrons. The fraction of sp³-hybridized carbons (Fsp3) is 0.143. The number of fused-ring (bicyclic) bond motifs is 1. The summed E-state index contributed by atoms with van der Waals surface area (Å²) in [5.74, 6) is -0.951. The van der Waals surface area contributed by atoms with Crippen molar-refractivity contribution in [2.45, 2.75) is 5.25 Å². The van der Waals surface area contributed by atoms with E-state index in [1.807, 2.05) is 0 Å². The summed E-state index contributed by atoms with van der Waals surface area (Å²) in [4.78, 5) is 21.7. The molecular formula is C7H4O3S. The quantitative estimate of drug-likeness (QED) is 0.393. The van der Waals surface area contributed by atoms with E-state index in [1.165, 1.54) is 11.8 Å². The summed E-state index contributed by atoms with van der Waals surface area (Å²) >= 11 is 1.30. The van der Waals surface area contributed by atoms with Gasteiger partial charge in [-0.05, 0) is 11.5 Å². The lowest BCUT2D eigenvalue weighted by Gasteiger charge is -2.03. The topological polar surface area (TPSA) is 43.4 Å². The van der Waals surface area contributed by atoms with Gasteiger partial charge < -0.3 is 4.74 Å². The van der Waals surface area contributed by atoms with Crippen LogP contribution >= 0.6 is 11.8 Å². The van der Waals surface area contributed by atoms with E-state index in [2.05, 4.69) is 4.74 Å². The van der Waals surface area contributed by atoms with Crippen molar-refractivity contribution in [3.8, 4) is 0 Å². The summed E-state index contributed by atoms with van der Waals surface area (Å²) in [7, 11) is 0. The molecule has 0 saturated carbocycles. The highest BCUT2D eigenvalue weighted by Gasteiger charge is 2.39. The zero-order valence-electron chi connectivity index (χ0n) is 5.44. The van der Waals surface area contributed by atoms with Gasteiger partial charge in [-0.3, -0.25) is 0 Å². The second-order valence-electron chi connectivity index (χ2n) is 2.18. The van der Waals surface area contributed by atoms with E-state index in [4.69, 9.17) is 0 Å². The molecular weight excluding hydrogens is 164 g/mol. The number of ether oxygens (including phenoxy) is 1. The van der Waals surface area contributed by atoms with Crippen molar-refractivity contribution in [3.05, 3.63) is 23.1 Å². The number of esters is 2. The Labute approximate surface area is 67.1 Å². The molecule has 2 heterocycles. The molecule has 0 spiro atoms. The molecule has 2 aliphatic rings. The van der Waals surface area contributed by atoms with Gasteiger partial charge in [0.25, 0.3) is 0 Å². The predicted octanol–water partition coefficient (Wildman–Crippen LogP) is 0.625. The van der Waals surface area contributed by atoms with Crippen LogP contribution in [0.3, 0.4) is 0 Å². The predicted molar refractivity (Wildman–Crippen MR) is 39.7 cm³/mol. The summed E-state index contributed by atoms with van der Waals surface area (Å²) in [6, 6.07) is 0. The Morgan fingerprint density at radius 1 is 1.45 bits per heavy atom. The van der Waals surface area contributed by atoms with Gasteiger partial charge in [-0.2, -0.15) is 0 Å². The van der Waals surface area contributed by atoms with Gasteiger partial charge in [0, 0.05) is 0 Å². The highest BCUT2D eigenvalue weighted by atomic mass is 32.2. The minimum atomic E-state index is -0.503. The van der Waals surface area contributed by atoms with Crippen LogP contribution in [0.4, 0.5) is 0 Å². The summed E-state index contributed by atoms with van der Waals surface area (Å²) in [6.07, 6.45) is 3.35. The molecule has 0 bridgehead atoms. The average molecular weight is 168 g/mol. The lowest BCUT2D eigenvalue weighted by molar-refractivity contribution is -0.150. The van der Waals surface area contributed by atoms with Gasteiger partial charge in [-0.15, -0.1) is 11.8 Å². The fourth-order valence-corrected chi connectivity index (χ4v) is 1.80. The van der Waals surface area contributed by atoms with Crippen LogP contribution < -0.4 is 0 Å². The standard InChI is InChI=1S/C7H4O3S/c8-6-4-2-1-3-11-5(4)7(9)10-6/h1-3,5H. The Morgan fingerprint density at radius 3 is 3.00 bits per heavy atom. The smallest absolute Gasteiger partial charge is 0.343 e. The van der Waals surface area contributed by atoms with Crippen LogP contribution in [-0.2, 0) is 14.3 Å². The first-order valence-corrected chi connectivity index (χ1v) is 4.01. The van der Waals surface area contributed by atoms with E-state index in [-0.39, 0.29) is 0 Å². The largest absolute Gasteiger partial charge is 0.389 e. The lowest BCUT2D eigenvalue weighted by atomic mass is 10.2. The van der Waals surface area contributed by atoms with Crippen molar-refractivity contribution >= 4 is 23.7 Å². The number of cyclic esters (lactones) is 2. The van der Waals surface area contributed by atoms with Crippen molar-refractivity contribution in [1.82, 2.24) is 0 Å². The van der Waals surface area contributed by atoms with Crippen molar-refractivity contribution in [3.63, 3.8) is 0 Å². The highest BCUT2D eigenvalue weighted by molar-refractivity contribution is 8.03. The molecule has 1 fully saturated rings. The van der Waals surface area contributed by atoms with E-state index in [0.717, 1.165) is 0 Å². The van der Waals surface area contributed by atoms with Gasteiger partial charge in [0.05, 0.1) is 5.57 Å². The van der Waals surface area contributed by atoms with E-state index >= 15 is 0 Å². The van der Waals surface area contributed by atoms with Gasteiger partial charge in [0.15, 0.2) is 0 Å². The summed E-state index contributed by atoms with van der Waals surface area (Å²) in [6.45, 7) is 0. The van der Waals surface area contributed by atoms with Crippen LogP contribution in [0, 0.1) is 0 Å². The first kappa shape index (κ1) is 6.67. The number of allylic oxidation sites excluding steroid dienone is 2. The Hall–Kier alpha value is -1.03. The van der Waals surface area contributed by atoms with Gasteiger partial charge in [0.2, 0.25) is 0 Å². The molecule has 0 aliphatic carbocycles. The third-order valence-corrected chi connectivity index (χ3v) is 2.53. The van der Waals surface area contributed by atoms with Crippen molar-refractivity contribution in [2.75, 3.05) is 0 Å². The maximum absolute atomic E-state index is 10.9. The number of thioether (sulfide) groups is 1. The van der Waals surface area contributed by atoms with Crippen LogP contribution in [0.1, 0.15) is 0 Å². The van der Waals surface area contributed by atoms with Crippen LogP contribution in [0.25, 0.3) is 0 Å². The third-order valence-electron chi connectivity index (χ3n) is 1.49. The minimum Gasteiger partial charge on any atom is -0.389 e. The molecule has 0 amide bonds. The van der Waals surface area contributed by atoms with E-state index < -0.39 is 17.2 Å². The van der Waals surface area contributed by atoms with Gasteiger partial charge in [-0.25, -0.2) is 9.59 Å². The van der Waals surface area contributed by atoms with Crippen molar-refractivity contribution in [1.29, 1.82) is 0 Å². The first-order chi connectivity index (χ1) is 5.29. The fourth-order valence-electron chi connectivity index (χ4n) is 0.989. The molecule has 4 heteroatoms. The molecule has 2 aliphatic heterocycles. The molecule has 1 saturated heterocycles. The zero-order valence-corrected chi connectivity index (χ0v) is 6.26. The molecule has 11 heavy (non-hydrogen) atoms. The summed E-state index contributed by atoms with van der Waals surface area (Å²) < 4.78 is 4.40. The second kappa shape index (κ2) is 2.23. The third kappa shape index (κ3) is 0.903. The number of rotatable bonds is 0. The van der Waals surface area contributed by atoms with E-state index in [9.17, 15) is 9.59 Å². The Morgan fingerprint density at radius 2 is 2.27 bits per heavy atom. The second-order valence-corrected chi connectivity index (χ2v) is 3.19. The average Bonchev–Trinajstić information content (AvgIpc) is 2.30. The zero-order chi connectivity index (χ0) is 7.84. The Bertz CT molecular complexity index is 290. The normalized spacial score (nSPS) is 28.0. The minimum absolute atomic E-state index is 0.410. The molecule has 3 nitrogen and oxygen atoms in total. The first-order valence-electron chi connectivity index (χ1n) is 3.07. The number of hydrogen-bond donors (Lipinski definition) is 0. The molecule has 0 aromatic heterocycles. The molecule has 1 atom stereocenters. The molecule has 0 aromatic carbocycles. The van der Waals surface area contributed by atoms with Gasteiger partial charge >= 0.3 is 11.9 Å². The molecule has 1 unspecified atom stereocenters. The Balaban J connectivity index is 2.42. The molecule has 0 radical (unpaired) electrons. The van der Waals surface area contributed by atoms with Crippen LogP contribution in [-0.4, -0.2) is 17.2 Å². The van der Waals surface area contributed by atoms with Crippen LogP contribution in [0.15, 0.2) is 23.1 Å². The Kier molecular flexibility index (Phi) is 1.35. The highest BCUT2D eigenvalue weighted by Crippen LogP contribution is 2.31. The number of carbonyl (C=O) groups is 2. The van der Waals surface area contributed by atoms with E-state index in [1.54, 1.807) is 17.6 Å².